The Kier molecular flexibility index (Phi) is 5.23. The van der Waals surface area contributed by atoms with E-state index in [0.717, 1.165) is 24.3 Å². The number of fused-ring (bicyclic) bond motifs is 1. The number of carboxylic acid groups (broad SMARTS) is 1. The molecule has 1 aromatic carbocycles. The summed E-state index contributed by atoms with van der Waals surface area (Å²) in [6.45, 7) is 3.89. The maximum absolute atomic E-state index is 10.8. The number of benzene rings is 1. The van der Waals surface area contributed by atoms with Crippen molar-refractivity contribution in [1.82, 2.24) is 0 Å². The monoisotopic (exact) mass is 240 g/mol. The molecule has 0 saturated carbocycles. The molecule has 2 rings (SSSR count). The third-order valence-electron chi connectivity index (χ3n) is 3.68. The number of hydrogen-bond acceptors (Lipinski definition) is 2. The van der Waals surface area contributed by atoms with Crippen LogP contribution in [0, 0.1) is 5.92 Å². The molecule has 1 aromatic rings. The van der Waals surface area contributed by atoms with Crippen molar-refractivity contribution in [3.63, 3.8) is 0 Å². The summed E-state index contributed by atoms with van der Waals surface area (Å²) in [5, 5.41) is 10.8. The molecule has 0 saturated heterocycles. The van der Waals surface area contributed by atoms with Gasteiger partial charge in [-0.2, -0.15) is 0 Å². The van der Waals surface area contributed by atoms with E-state index in [1.54, 1.807) is 6.92 Å². The molecule has 0 heterocycles. The van der Waals surface area contributed by atoms with Crippen molar-refractivity contribution in [3.05, 3.63) is 34.9 Å². The second-order valence-electron chi connectivity index (χ2n) is 4.75. The van der Waals surface area contributed by atoms with E-state index < -0.39 is 11.9 Å². The molecule has 86 valence electrons. The van der Waals surface area contributed by atoms with Crippen LogP contribution in [0.4, 0.5) is 0 Å². The maximum Gasteiger partial charge on any atom is 1.00 e. The van der Waals surface area contributed by atoms with Crippen molar-refractivity contribution in [2.75, 3.05) is 0 Å². The molecule has 2 atom stereocenters. The average molecular weight is 240 g/mol. The number of hydrogen-bond donors (Lipinski definition) is 0. The van der Waals surface area contributed by atoms with Crippen LogP contribution in [0.15, 0.2) is 18.2 Å². The fraction of sp³-hybridized carbons (Fsp3) is 0.500. The van der Waals surface area contributed by atoms with Gasteiger partial charge in [-0.15, -0.1) is 0 Å². The second kappa shape index (κ2) is 6.03. The normalized spacial score (nSPS) is 19.3. The molecule has 0 aliphatic heterocycles. The van der Waals surface area contributed by atoms with E-state index in [4.69, 9.17) is 0 Å². The molecule has 0 N–H and O–H groups in total. The number of rotatable bonds is 3. The summed E-state index contributed by atoms with van der Waals surface area (Å²) < 4.78 is 0. The fourth-order valence-electron chi connectivity index (χ4n) is 2.42. The van der Waals surface area contributed by atoms with Gasteiger partial charge in [0.05, 0.1) is 0 Å². The molecule has 0 bridgehead atoms. The van der Waals surface area contributed by atoms with E-state index in [2.05, 4.69) is 13.0 Å². The van der Waals surface area contributed by atoms with Gasteiger partial charge in [-0.25, -0.2) is 0 Å². The molecule has 2 nitrogen and oxygen atoms in total. The van der Waals surface area contributed by atoms with E-state index in [1.807, 2.05) is 12.1 Å². The molecule has 3 heteroatoms. The molecule has 0 amide bonds. The third-order valence-corrected chi connectivity index (χ3v) is 3.68. The first-order valence-electron chi connectivity index (χ1n) is 5.94. The van der Waals surface area contributed by atoms with Gasteiger partial charge in [0.1, 0.15) is 0 Å². The molecule has 2 unspecified atom stereocenters. The summed E-state index contributed by atoms with van der Waals surface area (Å²) in [5.74, 6) is -0.764. The largest absolute Gasteiger partial charge is 1.00 e. The van der Waals surface area contributed by atoms with Crippen molar-refractivity contribution < 1.29 is 39.5 Å². The van der Waals surface area contributed by atoms with E-state index in [1.165, 1.54) is 17.5 Å². The molecular formula is C14H17NaO2. The number of aliphatic carboxylic acids is 1. The smallest absolute Gasteiger partial charge is 0.550 e. The predicted molar refractivity (Wildman–Crippen MR) is 61.1 cm³/mol. The van der Waals surface area contributed by atoms with Crippen molar-refractivity contribution in [2.45, 2.75) is 39.0 Å². The van der Waals surface area contributed by atoms with Crippen LogP contribution in [0.3, 0.4) is 0 Å². The van der Waals surface area contributed by atoms with E-state index in [9.17, 15) is 9.90 Å². The van der Waals surface area contributed by atoms with Gasteiger partial charge in [-0.05, 0) is 35.4 Å². The molecular weight excluding hydrogens is 223 g/mol. The Hall–Kier alpha value is -0.310. The van der Waals surface area contributed by atoms with Gasteiger partial charge in [-0.3, -0.25) is 0 Å². The summed E-state index contributed by atoms with van der Waals surface area (Å²) in [6, 6.07) is 6.06. The predicted octanol–water partition coefficient (Wildman–Crippen LogP) is -1.33. The maximum atomic E-state index is 10.8. The molecule has 1 aliphatic carbocycles. The minimum Gasteiger partial charge on any atom is -0.550 e. The van der Waals surface area contributed by atoms with Crippen LogP contribution >= 0.6 is 0 Å². The summed E-state index contributed by atoms with van der Waals surface area (Å²) in [6.07, 6.45) is 3.44. The second-order valence-corrected chi connectivity index (χ2v) is 4.75. The molecule has 0 fully saturated rings. The van der Waals surface area contributed by atoms with Crippen LogP contribution < -0.4 is 34.7 Å². The third kappa shape index (κ3) is 3.12. The zero-order chi connectivity index (χ0) is 11.7. The topological polar surface area (TPSA) is 40.1 Å². The van der Waals surface area contributed by atoms with E-state index in [0.29, 0.717) is 0 Å². The van der Waals surface area contributed by atoms with Gasteiger partial charge in [-0.1, -0.05) is 38.5 Å². The number of carbonyl (C=O) groups excluding carboxylic acids is 1. The summed E-state index contributed by atoms with van der Waals surface area (Å²) in [5.41, 5.74) is 3.59. The van der Waals surface area contributed by atoms with Crippen molar-refractivity contribution in [2.24, 2.45) is 5.92 Å². The first kappa shape index (κ1) is 14.7. The van der Waals surface area contributed by atoms with Crippen LogP contribution in [-0.4, -0.2) is 5.97 Å². The number of carbonyl (C=O) groups is 1. The van der Waals surface area contributed by atoms with Crippen molar-refractivity contribution in [3.8, 4) is 0 Å². The Morgan fingerprint density at radius 2 is 2.06 bits per heavy atom. The zero-order valence-electron chi connectivity index (χ0n) is 10.8. The molecule has 0 spiro atoms. The van der Waals surface area contributed by atoms with Crippen molar-refractivity contribution in [1.29, 1.82) is 0 Å². The average Bonchev–Trinajstić information content (AvgIpc) is 2.69. The Labute approximate surface area is 125 Å². The van der Waals surface area contributed by atoms with Gasteiger partial charge in [0.15, 0.2) is 0 Å². The summed E-state index contributed by atoms with van der Waals surface area (Å²) in [4.78, 5) is 10.8. The molecule has 1 aliphatic rings. The Morgan fingerprint density at radius 3 is 2.65 bits per heavy atom. The van der Waals surface area contributed by atoms with Crippen LogP contribution in [0.1, 0.15) is 42.9 Å². The standard InChI is InChI=1S/C14H18O2.Na/c1-3-10-6-12-5-4-11(8-13(12)7-10)9(2)14(15)16;/h4-5,8-10H,3,6-7H2,1-2H3,(H,15,16);/q;+1/p-1. The van der Waals surface area contributed by atoms with E-state index in [-0.39, 0.29) is 29.6 Å². The Balaban J connectivity index is 0.00000144. The van der Waals surface area contributed by atoms with Crippen LogP contribution in [0.2, 0.25) is 0 Å². The van der Waals surface area contributed by atoms with Crippen LogP contribution in [0.5, 0.6) is 0 Å². The summed E-state index contributed by atoms with van der Waals surface area (Å²) >= 11 is 0. The van der Waals surface area contributed by atoms with Gasteiger partial charge in [0.25, 0.3) is 0 Å². The van der Waals surface area contributed by atoms with Gasteiger partial charge < -0.3 is 9.90 Å². The molecule has 0 radical (unpaired) electrons. The first-order chi connectivity index (χ1) is 7.61. The quantitative estimate of drug-likeness (QED) is 0.614. The fourth-order valence-corrected chi connectivity index (χ4v) is 2.42. The first-order valence-corrected chi connectivity index (χ1v) is 5.94. The number of carboxylic acids is 1. The Bertz CT molecular complexity index is 415. The van der Waals surface area contributed by atoms with E-state index >= 15 is 0 Å². The SMILES string of the molecule is CCC1Cc2ccc(C(C)C(=O)[O-])cc2C1.[Na+]. The summed E-state index contributed by atoms with van der Waals surface area (Å²) in [7, 11) is 0. The Morgan fingerprint density at radius 1 is 1.41 bits per heavy atom. The van der Waals surface area contributed by atoms with Gasteiger partial charge >= 0.3 is 29.6 Å². The van der Waals surface area contributed by atoms with Crippen molar-refractivity contribution >= 4 is 5.97 Å². The van der Waals surface area contributed by atoms with Crippen LogP contribution in [0.25, 0.3) is 0 Å². The molecule has 17 heavy (non-hydrogen) atoms. The zero-order valence-corrected chi connectivity index (χ0v) is 12.8. The minimum absolute atomic E-state index is 0. The minimum atomic E-state index is -0.995. The molecule has 0 aromatic heterocycles. The van der Waals surface area contributed by atoms with Crippen LogP contribution in [-0.2, 0) is 17.6 Å². The van der Waals surface area contributed by atoms with Gasteiger partial charge in [0, 0.05) is 11.9 Å². The van der Waals surface area contributed by atoms with Gasteiger partial charge in [0.2, 0.25) is 0 Å².